The van der Waals surface area contributed by atoms with Gasteiger partial charge in [0, 0.05) is 19.3 Å². The topological polar surface area (TPSA) is 71.5 Å². The van der Waals surface area contributed by atoms with Crippen LogP contribution < -0.4 is 5.32 Å². The Morgan fingerprint density at radius 1 is 1.67 bits per heavy atom. The van der Waals surface area contributed by atoms with E-state index in [0.29, 0.717) is 12.4 Å². The third kappa shape index (κ3) is 3.55. The molecule has 2 N–H and O–H groups in total. The normalized spacial score (nSPS) is 12.1. The van der Waals surface area contributed by atoms with Gasteiger partial charge in [0.25, 0.3) is 0 Å². The van der Waals surface area contributed by atoms with Gasteiger partial charge in [-0.2, -0.15) is 0 Å². The highest BCUT2D eigenvalue weighted by molar-refractivity contribution is 5.87. The fourth-order valence-electron chi connectivity index (χ4n) is 1.15. The molecule has 0 bridgehead atoms. The molecule has 0 aliphatic heterocycles. The van der Waals surface area contributed by atoms with E-state index in [1.807, 2.05) is 6.92 Å². The molecule has 0 radical (unpaired) electrons. The number of nitrogens with one attached hydrogen (secondary N) is 1. The molecule has 1 aromatic heterocycles. The predicted molar refractivity (Wildman–Crippen MR) is 56.2 cm³/mol. The molecule has 0 aliphatic rings. The van der Waals surface area contributed by atoms with Crippen molar-refractivity contribution in [3.8, 4) is 0 Å². The fourth-order valence-corrected chi connectivity index (χ4v) is 1.15. The van der Waals surface area contributed by atoms with Gasteiger partial charge in [-0.3, -0.25) is 0 Å². The number of aromatic nitrogens is 1. The molecule has 15 heavy (non-hydrogen) atoms. The molecule has 5 heteroatoms. The lowest BCUT2D eigenvalue weighted by Gasteiger charge is -2.12. The van der Waals surface area contributed by atoms with Crippen molar-refractivity contribution in [3.05, 3.63) is 23.9 Å². The Hall–Kier alpha value is -1.62. The van der Waals surface area contributed by atoms with Crippen LogP contribution in [0.5, 0.6) is 0 Å². The van der Waals surface area contributed by atoms with Crippen molar-refractivity contribution < 1.29 is 14.6 Å². The molecule has 1 rings (SSSR count). The van der Waals surface area contributed by atoms with E-state index in [-0.39, 0.29) is 11.6 Å². The van der Waals surface area contributed by atoms with Crippen LogP contribution in [0, 0.1) is 0 Å². The summed E-state index contributed by atoms with van der Waals surface area (Å²) in [5, 5.41) is 11.7. The van der Waals surface area contributed by atoms with Crippen LogP contribution in [0.1, 0.15) is 17.3 Å². The van der Waals surface area contributed by atoms with Crippen LogP contribution in [-0.2, 0) is 4.74 Å². The number of rotatable bonds is 5. The Labute approximate surface area is 88.1 Å². The van der Waals surface area contributed by atoms with Crippen LogP contribution in [0.25, 0.3) is 0 Å². The smallest absolute Gasteiger partial charge is 0.337 e. The zero-order valence-electron chi connectivity index (χ0n) is 8.73. The van der Waals surface area contributed by atoms with Gasteiger partial charge in [-0.25, -0.2) is 9.78 Å². The third-order valence-corrected chi connectivity index (χ3v) is 1.82. The Kier molecular flexibility index (Phi) is 4.05. The minimum absolute atomic E-state index is 0.137. The molecule has 1 aromatic rings. The zero-order chi connectivity index (χ0) is 11.3. The van der Waals surface area contributed by atoms with Gasteiger partial charge >= 0.3 is 5.97 Å². The lowest BCUT2D eigenvalue weighted by Crippen LogP contribution is -2.21. The molecule has 0 aromatic carbocycles. The minimum atomic E-state index is -0.973. The number of carboxylic acids is 1. The second kappa shape index (κ2) is 5.31. The van der Waals surface area contributed by atoms with Gasteiger partial charge in [-0.05, 0) is 19.1 Å². The monoisotopic (exact) mass is 210 g/mol. The number of pyridine rings is 1. The number of ether oxygens (including phenoxy) is 1. The molecule has 1 atom stereocenters. The van der Waals surface area contributed by atoms with Crippen molar-refractivity contribution in [2.75, 3.05) is 19.0 Å². The maximum Gasteiger partial charge on any atom is 0.337 e. The van der Waals surface area contributed by atoms with E-state index in [4.69, 9.17) is 9.84 Å². The molecule has 5 nitrogen and oxygen atoms in total. The molecule has 82 valence electrons. The summed E-state index contributed by atoms with van der Waals surface area (Å²) in [6.45, 7) is 2.53. The fraction of sp³-hybridized carbons (Fsp3) is 0.400. The molecule has 0 saturated heterocycles. The van der Waals surface area contributed by atoms with E-state index in [2.05, 4.69) is 10.3 Å². The number of carbonyl (C=O) groups is 1. The number of carboxylic acid groups (broad SMARTS) is 1. The van der Waals surface area contributed by atoms with Crippen LogP contribution in [0.2, 0.25) is 0 Å². The summed E-state index contributed by atoms with van der Waals surface area (Å²) in [6, 6.07) is 3.28. The Morgan fingerprint density at radius 3 is 2.87 bits per heavy atom. The van der Waals surface area contributed by atoms with E-state index in [0.717, 1.165) is 0 Å². The summed E-state index contributed by atoms with van der Waals surface area (Å²) in [5.41, 5.74) is 0.181. The molecule has 1 unspecified atom stereocenters. The van der Waals surface area contributed by atoms with Gasteiger partial charge in [0.15, 0.2) is 0 Å². The largest absolute Gasteiger partial charge is 0.478 e. The first-order valence-electron chi connectivity index (χ1n) is 4.58. The average Bonchev–Trinajstić information content (AvgIpc) is 2.18. The molecule has 0 fully saturated rings. The maximum absolute atomic E-state index is 10.6. The van der Waals surface area contributed by atoms with Crippen LogP contribution in [0.3, 0.4) is 0 Å². The first-order valence-corrected chi connectivity index (χ1v) is 4.58. The average molecular weight is 210 g/mol. The van der Waals surface area contributed by atoms with Crippen LogP contribution >= 0.6 is 0 Å². The highest BCUT2D eigenvalue weighted by atomic mass is 16.5. The van der Waals surface area contributed by atoms with E-state index >= 15 is 0 Å². The number of aromatic carboxylic acids is 1. The van der Waals surface area contributed by atoms with Crippen molar-refractivity contribution in [2.45, 2.75) is 13.0 Å². The van der Waals surface area contributed by atoms with Gasteiger partial charge in [-0.15, -0.1) is 0 Å². The molecular formula is C10H14N2O3. The van der Waals surface area contributed by atoms with E-state index in [1.165, 1.54) is 12.3 Å². The number of hydrogen-bond donors (Lipinski definition) is 2. The quantitative estimate of drug-likeness (QED) is 0.764. The molecule has 0 amide bonds. The van der Waals surface area contributed by atoms with Gasteiger partial charge < -0.3 is 15.2 Å². The molecule has 0 saturated carbocycles. The number of nitrogens with zero attached hydrogens (tertiary/aromatic N) is 1. The second-order valence-corrected chi connectivity index (χ2v) is 3.24. The standard InChI is InChI=1S/C10H14N2O3/c1-7(6-15-2)12-9-4-3-8(5-11-9)10(13)14/h3-5,7H,6H2,1-2H3,(H,11,12)(H,13,14). The first-order chi connectivity index (χ1) is 7.13. The second-order valence-electron chi connectivity index (χ2n) is 3.24. The lowest BCUT2D eigenvalue weighted by atomic mass is 10.3. The van der Waals surface area contributed by atoms with Gasteiger partial charge in [-0.1, -0.05) is 0 Å². The Morgan fingerprint density at radius 2 is 2.40 bits per heavy atom. The van der Waals surface area contributed by atoms with E-state index in [9.17, 15) is 4.79 Å². The summed E-state index contributed by atoms with van der Waals surface area (Å²) < 4.78 is 4.95. The van der Waals surface area contributed by atoms with Crippen molar-refractivity contribution in [3.63, 3.8) is 0 Å². The Bertz CT molecular complexity index is 324. The van der Waals surface area contributed by atoms with Gasteiger partial charge in [0.2, 0.25) is 0 Å². The van der Waals surface area contributed by atoms with Crippen LogP contribution in [0.15, 0.2) is 18.3 Å². The summed E-state index contributed by atoms with van der Waals surface area (Å²) in [5.74, 6) is -0.330. The number of anilines is 1. The van der Waals surface area contributed by atoms with Gasteiger partial charge in [0.05, 0.1) is 12.2 Å². The summed E-state index contributed by atoms with van der Waals surface area (Å²) in [6.07, 6.45) is 1.32. The third-order valence-electron chi connectivity index (χ3n) is 1.82. The molecule has 0 spiro atoms. The van der Waals surface area contributed by atoms with Gasteiger partial charge in [0.1, 0.15) is 5.82 Å². The Balaban J connectivity index is 2.60. The number of hydrogen-bond acceptors (Lipinski definition) is 4. The summed E-state index contributed by atoms with van der Waals surface area (Å²) >= 11 is 0. The van der Waals surface area contributed by atoms with Crippen LogP contribution in [-0.4, -0.2) is 35.8 Å². The van der Waals surface area contributed by atoms with Crippen molar-refractivity contribution in [2.24, 2.45) is 0 Å². The zero-order valence-corrected chi connectivity index (χ0v) is 8.73. The van der Waals surface area contributed by atoms with E-state index < -0.39 is 5.97 Å². The lowest BCUT2D eigenvalue weighted by molar-refractivity contribution is 0.0696. The number of methoxy groups -OCH3 is 1. The van der Waals surface area contributed by atoms with Crippen molar-refractivity contribution >= 4 is 11.8 Å². The highest BCUT2D eigenvalue weighted by Gasteiger charge is 2.04. The molecule has 0 aliphatic carbocycles. The first kappa shape index (κ1) is 11.5. The van der Waals surface area contributed by atoms with Crippen molar-refractivity contribution in [1.82, 2.24) is 4.98 Å². The minimum Gasteiger partial charge on any atom is -0.478 e. The van der Waals surface area contributed by atoms with E-state index in [1.54, 1.807) is 13.2 Å². The van der Waals surface area contributed by atoms with Crippen molar-refractivity contribution in [1.29, 1.82) is 0 Å². The van der Waals surface area contributed by atoms with Crippen LogP contribution in [0.4, 0.5) is 5.82 Å². The summed E-state index contributed by atoms with van der Waals surface area (Å²) in [7, 11) is 1.62. The maximum atomic E-state index is 10.6. The molecular weight excluding hydrogens is 196 g/mol. The SMILES string of the molecule is COCC(C)Nc1ccc(C(=O)O)cn1. The highest BCUT2D eigenvalue weighted by Crippen LogP contribution is 2.06. The molecule has 1 heterocycles. The predicted octanol–water partition coefficient (Wildman–Crippen LogP) is 1.23. The summed E-state index contributed by atoms with van der Waals surface area (Å²) in [4.78, 5) is 14.5.